The van der Waals surface area contributed by atoms with Gasteiger partial charge in [-0.1, -0.05) is 17.3 Å². The smallest absolute Gasteiger partial charge is 0.175 e. The summed E-state index contributed by atoms with van der Waals surface area (Å²) in [6.45, 7) is -0.414. The van der Waals surface area contributed by atoms with Crippen LogP contribution in [0.2, 0.25) is 0 Å². The second-order valence-corrected chi connectivity index (χ2v) is 4.82. The molecule has 118 valence electrons. The highest BCUT2D eigenvalue weighted by Crippen LogP contribution is 2.37. The first kappa shape index (κ1) is 15.2. The highest BCUT2D eigenvalue weighted by atomic mass is 19.1. The zero-order valence-corrected chi connectivity index (χ0v) is 12.2. The maximum absolute atomic E-state index is 14.0. The first-order valence-electron chi connectivity index (χ1n) is 6.84. The maximum atomic E-state index is 14.0. The zero-order chi connectivity index (χ0) is 16.4. The molecule has 1 aromatic heterocycles. The Labute approximate surface area is 130 Å². The molecule has 0 atom stereocenters. The third kappa shape index (κ3) is 2.68. The number of aliphatic hydroxyl groups excluding tert-OH is 1. The van der Waals surface area contributed by atoms with Crippen LogP contribution in [-0.2, 0) is 6.61 Å². The molecular formula is C17H13F2NO3. The number of aromatic nitrogens is 1. The summed E-state index contributed by atoms with van der Waals surface area (Å²) in [5, 5.41) is 13.6. The summed E-state index contributed by atoms with van der Waals surface area (Å²) < 4.78 is 37.5. The van der Waals surface area contributed by atoms with Gasteiger partial charge in [-0.2, -0.15) is 0 Å². The number of halogens is 2. The van der Waals surface area contributed by atoms with Gasteiger partial charge >= 0.3 is 0 Å². The number of rotatable bonds is 4. The summed E-state index contributed by atoms with van der Waals surface area (Å²) in [5.41, 5.74) is 1.30. The Kier molecular flexibility index (Phi) is 4.08. The lowest BCUT2D eigenvalue weighted by atomic mass is 10.0. The number of hydrogen-bond acceptors (Lipinski definition) is 4. The second-order valence-electron chi connectivity index (χ2n) is 4.82. The van der Waals surface area contributed by atoms with Crippen molar-refractivity contribution in [1.29, 1.82) is 0 Å². The topological polar surface area (TPSA) is 55.5 Å². The van der Waals surface area contributed by atoms with Crippen LogP contribution in [0, 0.1) is 11.6 Å². The molecule has 0 aliphatic rings. The SMILES string of the molecule is COc1ccccc1-c1noc(-c2ccc(F)cc2F)c1CO. The molecule has 6 heteroatoms. The summed E-state index contributed by atoms with van der Waals surface area (Å²) >= 11 is 0. The number of aliphatic hydroxyl groups is 1. The number of nitrogens with zero attached hydrogens (tertiary/aromatic N) is 1. The summed E-state index contributed by atoms with van der Waals surface area (Å²) in [6, 6.07) is 10.2. The molecule has 4 nitrogen and oxygen atoms in total. The number of methoxy groups -OCH3 is 1. The highest BCUT2D eigenvalue weighted by Gasteiger charge is 2.22. The van der Waals surface area contributed by atoms with E-state index in [1.54, 1.807) is 24.3 Å². The Bertz CT molecular complexity index is 846. The average Bonchev–Trinajstić information content (AvgIpc) is 2.98. The molecule has 3 aromatic rings. The Morgan fingerprint density at radius 1 is 1.13 bits per heavy atom. The van der Waals surface area contributed by atoms with Gasteiger partial charge in [0.25, 0.3) is 0 Å². The molecule has 23 heavy (non-hydrogen) atoms. The fourth-order valence-electron chi connectivity index (χ4n) is 2.39. The first-order valence-corrected chi connectivity index (χ1v) is 6.84. The third-order valence-corrected chi connectivity index (χ3v) is 3.48. The Balaban J connectivity index is 2.17. The quantitative estimate of drug-likeness (QED) is 0.795. The Hall–Kier alpha value is -2.73. The van der Waals surface area contributed by atoms with E-state index in [-0.39, 0.29) is 11.3 Å². The molecule has 0 radical (unpaired) electrons. The molecular weight excluding hydrogens is 304 g/mol. The lowest BCUT2D eigenvalue weighted by molar-refractivity contribution is 0.281. The van der Waals surface area contributed by atoms with Crippen molar-refractivity contribution in [1.82, 2.24) is 5.16 Å². The van der Waals surface area contributed by atoms with Crippen LogP contribution in [0.5, 0.6) is 5.75 Å². The minimum atomic E-state index is -0.789. The molecule has 3 rings (SSSR count). The van der Waals surface area contributed by atoms with Crippen LogP contribution in [0.25, 0.3) is 22.6 Å². The van der Waals surface area contributed by atoms with Gasteiger partial charge < -0.3 is 14.4 Å². The van der Waals surface area contributed by atoms with Crippen molar-refractivity contribution < 1.29 is 23.1 Å². The van der Waals surface area contributed by atoms with Crippen molar-refractivity contribution in [2.45, 2.75) is 6.61 Å². The first-order chi connectivity index (χ1) is 11.2. The minimum Gasteiger partial charge on any atom is -0.496 e. The van der Waals surface area contributed by atoms with Crippen molar-refractivity contribution in [3.63, 3.8) is 0 Å². The summed E-state index contributed by atoms with van der Waals surface area (Å²) in [4.78, 5) is 0. The maximum Gasteiger partial charge on any atom is 0.175 e. The molecule has 0 bridgehead atoms. The fraction of sp³-hybridized carbons (Fsp3) is 0.118. The van der Waals surface area contributed by atoms with Crippen molar-refractivity contribution in [3.05, 3.63) is 59.7 Å². The zero-order valence-electron chi connectivity index (χ0n) is 12.2. The molecule has 0 aliphatic heterocycles. The van der Waals surface area contributed by atoms with Crippen LogP contribution < -0.4 is 4.74 Å². The van der Waals surface area contributed by atoms with Gasteiger partial charge in [0, 0.05) is 11.6 Å². The number of para-hydroxylation sites is 1. The van der Waals surface area contributed by atoms with E-state index in [4.69, 9.17) is 9.26 Å². The van der Waals surface area contributed by atoms with Gasteiger partial charge in [0.2, 0.25) is 0 Å². The van der Waals surface area contributed by atoms with Crippen LogP contribution in [0.1, 0.15) is 5.56 Å². The van der Waals surface area contributed by atoms with Gasteiger partial charge in [-0.05, 0) is 24.3 Å². The molecule has 1 heterocycles. The van der Waals surface area contributed by atoms with Crippen LogP contribution in [-0.4, -0.2) is 17.4 Å². The van der Waals surface area contributed by atoms with E-state index in [0.29, 0.717) is 22.6 Å². The van der Waals surface area contributed by atoms with E-state index in [0.717, 1.165) is 12.1 Å². The van der Waals surface area contributed by atoms with E-state index in [9.17, 15) is 13.9 Å². The predicted molar refractivity (Wildman–Crippen MR) is 79.8 cm³/mol. The van der Waals surface area contributed by atoms with Crippen LogP contribution in [0.4, 0.5) is 8.78 Å². The van der Waals surface area contributed by atoms with Gasteiger partial charge in [-0.25, -0.2) is 8.78 Å². The van der Waals surface area contributed by atoms with Gasteiger partial charge in [-0.15, -0.1) is 0 Å². The van der Waals surface area contributed by atoms with Crippen molar-refractivity contribution >= 4 is 0 Å². The predicted octanol–water partition coefficient (Wildman–Crippen LogP) is 3.79. The second kappa shape index (κ2) is 6.18. The third-order valence-electron chi connectivity index (χ3n) is 3.48. The average molecular weight is 317 g/mol. The van der Waals surface area contributed by atoms with E-state index < -0.39 is 18.2 Å². The van der Waals surface area contributed by atoms with Gasteiger partial charge in [0.1, 0.15) is 23.1 Å². The van der Waals surface area contributed by atoms with Crippen molar-refractivity contribution in [2.75, 3.05) is 7.11 Å². The van der Waals surface area contributed by atoms with Crippen LogP contribution >= 0.6 is 0 Å². The minimum absolute atomic E-state index is 0.0316. The number of ether oxygens (including phenoxy) is 1. The molecule has 0 saturated carbocycles. The van der Waals surface area contributed by atoms with E-state index in [1.807, 2.05) is 0 Å². The molecule has 0 aliphatic carbocycles. The lowest BCUT2D eigenvalue weighted by Crippen LogP contribution is -1.93. The van der Waals surface area contributed by atoms with Gasteiger partial charge in [0.15, 0.2) is 5.76 Å². The summed E-state index contributed by atoms with van der Waals surface area (Å²) in [5.74, 6) is -0.878. The Morgan fingerprint density at radius 3 is 2.61 bits per heavy atom. The summed E-state index contributed by atoms with van der Waals surface area (Å²) in [7, 11) is 1.51. The standard InChI is InChI=1S/C17H13F2NO3/c1-22-15-5-3-2-4-12(15)16-13(9-21)17(23-20-16)11-7-6-10(18)8-14(11)19/h2-8,21H,9H2,1H3. The molecule has 0 unspecified atom stereocenters. The van der Waals surface area contributed by atoms with Crippen molar-refractivity contribution in [2.24, 2.45) is 0 Å². The molecule has 0 spiro atoms. The lowest BCUT2D eigenvalue weighted by Gasteiger charge is -2.07. The summed E-state index contributed by atoms with van der Waals surface area (Å²) in [6.07, 6.45) is 0. The largest absolute Gasteiger partial charge is 0.496 e. The normalized spacial score (nSPS) is 10.8. The molecule has 0 saturated heterocycles. The molecule has 0 amide bonds. The highest BCUT2D eigenvalue weighted by molar-refractivity contribution is 5.76. The van der Waals surface area contributed by atoms with Crippen LogP contribution in [0.3, 0.4) is 0 Å². The molecule has 1 N–H and O–H groups in total. The fourth-order valence-corrected chi connectivity index (χ4v) is 2.39. The van der Waals surface area contributed by atoms with E-state index in [2.05, 4.69) is 5.16 Å². The monoisotopic (exact) mass is 317 g/mol. The number of hydrogen-bond donors (Lipinski definition) is 1. The number of benzene rings is 2. The Morgan fingerprint density at radius 2 is 1.91 bits per heavy atom. The van der Waals surface area contributed by atoms with E-state index >= 15 is 0 Å². The molecule has 0 fully saturated rings. The van der Waals surface area contributed by atoms with E-state index in [1.165, 1.54) is 13.2 Å². The van der Waals surface area contributed by atoms with Crippen molar-refractivity contribution in [3.8, 4) is 28.3 Å². The molecule has 2 aromatic carbocycles. The van der Waals surface area contributed by atoms with Crippen LogP contribution in [0.15, 0.2) is 47.0 Å². The van der Waals surface area contributed by atoms with Gasteiger partial charge in [-0.3, -0.25) is 0 Å². The van der Waals surface area contributed by atoms with Gasteiger partial charge in [0.05, 0.1) is 24.8 Å².